The molecule has 0 radical (unpaired) electrons. The highest BCUT2D eigenvalue weighted by Gasteiger charge is 2.10. The lowest BCUT2D eigenvalue weighted by atomic mass is 10.1. The van der Waals surface area contributed by atoms with E-state index in [-0.39, 0.29) is 12.5 Å². The molecule has 0 aliphatic rings. The zero-order chi connectivity index (χ0) is 27.5. The molecule has 0 unspecified atom stereocenters. The second kappa shape index (κ2) is 14.6. The van der Waals surface area contributed by atoms with Gasteiger partial charge in [-0.05, 0) is 99.2 Å². The second-order valence-corrected chi connectivity index (χ2v) is 10.3. The highest BCUT2D eigenvalue weighted by Crippen LogP contribution is 2.20. The summed E-state index contributed by atoms with van der Waals surface area (Å²) >= 11 is 5.87. The Hall–Kier alpha value is -3.51. The van der Waals surface area contributed by atoms with Gasteiger partial charge in [-0.3, -0.25) is 4.79 Å². The molecule has 0 aliphatic heterocycles. The molecule has 0 fully saturated rings. The van der Waals surface area contributed by atoms with Crippen LogP contribution in [0.15, 0.2) is 66.7 Å². The molecule has 4 rings (SSSR count). The highest BCUT2D eigenvalue weighted by atomic mass is 35.5. The van der Waals surface area contributed by atoms with Crippen molar-refractivity contribution in [2.75, 3.05) is 19.8 Å². The number of aryl methyl sites for hydroxylation is 4. The normalized spacial score (nSPS) is 11.1. The first-order chi connectivity index (χ1) is 19.0. The molecule has 206 valence electrons. The van der Waals surface area contributed by atoms with E-state index in [2.05, 4.69) is 54.1 Å². The number of amides is 1. The van der Waals surface area contributed by atoms with Crippen LogP contribution in [0.25, 0.3) is 11.0 Å². The summed E-state index contributed by atoms with van der Waals surface area (Å²) in [5, 5.41) is 3.57. The third-order valence-corrected chi connectivity index (χ3v) is 7.09. The van der Waals surface area contributed by atoms with Gasteiger partial charge < -0.3 is 19.4 Å². The number of halogens is 1. The SMILES string of the molecule is Cc1ccc(OCCCCn2c(CCCCCNC(=O)COc3ccc(Cl)cc3)nc3ccccc32)cc1C. The molecule has 0 spiro atoms. The van der Waals surface area contributed by atoms with Crippen LogP contribution in [0, 0.1) is 13.8 Å². The van der Waals surface area contributed by atoms with Crippen LogP contribution in [0.5, 0.6) is 11.5 Å². The Labute approximate surface area is 236 Å². The second-order valence-electron chi connectivity index (χ2n) is 9.87. The van der Waals surface area contributed by atoms with Gasteiger partial charge in [0.15, 0.2) is 6.61 Å². The van der Waals surface area contributed by atoms with Gasteiger partial charge >= 0.3 is 0 Å². The number of nitrogens with zero attached hydrogens (tertiary/aromatic N) is 2. The van der Waals surface area contributed by atoms with Gasteiger partial charge in [-0.1, -0.05) is 36.2 Å². The number of rotatable bonds is 15. The highest BCUT2D eigenvalue weighted by molar-refractivity contribution is 6.30. The lowest BCUT2D eigenvalue weighted by Crippen LogP contribution is -2.29. The van der Waals surface area contributed by atoms with E-state index in [1.165, 1.54) is 16.6 Å². The third-order valence-electron chi connectivity index (χ3n) is 6.84. The summed E-state index contributed by atoms with van der Waals surface area (Å²) in [7, 11) is 0. The molecule has 1 amide bonds. The fraction of sp³-hybridized carbons (Fsp3) is 0.375. The maximum atomic E-state index is 12.1. The topological polar surface area (TPSA) is 65.4 Å². The molecule has 7 heteroatoms. The molecule has 0 atom stereocenters. The quantitative estimate of drug-likeness (QED) is 0.162. The van der Waals surface area contributed by atoms with Gasteiger partial charge in [-0.25, -0.2) is 4.98 Å². The minimum Gasteiger partial charge on any atom is -0.494 e. The van der Waals surface area contributed by atoms with Crippen molar-refractivity contribution in [2.45, 2.75) is 58.9 Å². The molecule has 6 nitrogen and oxygen atoms in total. The smallest absolute Gasteiger partial charge is 0.257 e. The number of nitrogens with one attached hydrogen (secondary N) is 1. The van der Waals surface area contributed by atoms with Gasteiger partial charge in [0.05, 0.1) is 17.6 Å². The van der Waals surface area contributed by atoms with Crippen LogP contribution < -0.4 is 14.8 Å². The van der Waals surface area contributed by atoms with Crippen molar-refractivity contribution in [2.24, 2.45) is 0 Å². The Morgan fingerprint density at radius 3 is 2.49 bits per heavy atom. The molecule has 3 aromatic carbocycles. The van der Waals surface area contributed by atoms with Crippen LogP contribution >= 0.6 is 11.6 Å². The summed E-state index contributed by atoms with van der Waals surface area (Å²) in [5.41, 5.74) is 4.78. The van der Waals surface area contributed by atoms with Crippen LogP contribution in [-0.2, 0) is 17.8 Å². The lowest BCUT2D eigenvalue weighted by Gasteiger charge is -2.11. The van der Waals surface area contributed by atoms with E-state index in [0.29, 0.717) is 23.9 Å². The Morgan fingerprint density at radius 2 is 1.67 bits per heavy atom. The van der Waals surface area contributed by atoms with Crippen molar-refractivity contribution in [3.05, 3.63) is 88.7 Å². The van der Waals surface area contributed by atoms with Gasteiger partial charge in [0.2, 0.25) is 0 Å². The molecular formula is C32H38ClN3O3. The number of aromatic nitrogens is 2. The number of imidazole rings is 1. The molecule has 4 aromatic rings. The number of ether oxygens (including phenoxy) is 2. The van der Waals surface area contributed by atoms with Crippen LogP contribution in [-0.4, -0.2) is 35.2 Å². The maximum Gasteiger partial charge on any atom is 0.257 e. The third kappa shape index (κ3) is 8.75. The molecule has 0 bridgehead atoms. The fourth-order valence-corrected chi connectivity index (χ4v) is 4.60. The Balaban J connectivity index is 1.16. The van der Waals surface area contributed by atoms with Gasteiger partial charge in [-0.15, -0.1) is 0 Å². The van der Waals surface area contributed by atoms with Crippen molar-refractivity contribution in [1.82, 2.24) is 14.9 Å². The first-order valence-corrected chi connectivity index (χ1v) is 14.2. The van der Waals surface area contributed by atoms with Crippen molar-refractivity contribution >= 4 is 28.5 Å². The number of hydrogen-bond acceptors (Lipinski definition) is 4. The largest absolute Gasteiger partial charge is 0.494 e. The average molecular weight is 548 g/mol. The predicted molar refractivity (Wildman–Crippen MR) is 158 cm³/mol. The van der Waals surface area contributed by atoms with E-state index in [1.54, 1.807) is 24.3 Å². The molecule has 0 saturated carbocycles. The van der Waals surface area contributed by atoms with Crippen molar-refractivity contribution in [3.63, 3.8) is 0 Å². The minimum atomic E-state index is -0.117. The van der Waals surface area contributed by atoms with Crippen LogP contribution in [0.1, 0.15) is 49.1 Å². The molecule has 39 heavy (non-hydrogen) atoms. The number of unbranched alkanes of at least 4 members (excludes halogenated alkanes) is 3. The van der Waals surface area contributed by atoms with E-state index in [9.17, 15) is 4.79 Å². The number of carbonyl (C=O) groups excluding carboxylic acids is 1. The van der Waals surface area contributed by atoms with Gasteiger partial charge in [0.1, 0.15) is 17.3 Å². The maximum absolute atomic E-state index is 12.1. The van der Waals surface area contributed by atoms with E-state index >= 15 is 0 Å². The Morgan fingerprint density at radius 1 is 0.872 bits per heavy atom. The Kier molecular flexibility index (Phi) is 10.7. The summed E-state index contributed by atoms with van der Waals surface area (Å²) in [6, 6.07) is 21.6. The van der Waals surface area contributed by atoms with Crippen LogP contribution in [0.2, 0.25) is 5.02 Å². The molecule has 1 aromatic heterocycles. The summed E-state index contributed by atoms with van der Waals surface area (Å²) in [6.45, 7) is 6.51. The minimum absolute atomic E-state index is 0.00135. The monoisotopic (exact) mass is 547 g/mol. The number of carbonyl (C=O) groups is 1. The zero-order valence-corrected chi connectivity index (χ0v) is 23.7. The van der Waals surface area contributed by atoms with E-state index in [0.717, 1.165) is 62.2 Å². The number of benzene rings is 3. The van der Waals surface area contributed by atoms with Gasteiger partial charge in [-0.2, -0.15) is 0 Å². The summed E-state index contributed by atoms with van der Waals surface area (Å²) in [4.78, 5) is 17.0. The first kappa shape index (κ1) is 28.5. The summed E-state index contributed by atoms with van der Waals surface area (Å²) in [5.74, 6) is 2.59. The van der Waals surface area contributed by atoms with Crippen molar-refractivity contribution < 1.29 is 14.3 Å². The average Bonchev–Trinajstić information content (AvgIpc) is 3.29. The summed E-state index contributed by atoms with van der Waals surface area (Å²) < 4.78 is 13.8. The molecule has 0 aliphatic carbocycles. The standard InChI is InChI=1S/C32H38ClN3O3/c1-24-13-16-28(22-25(24)2)38-21-9-8-20-36-30-11-6-5-10-29(30)35-31(36)12-4-3-7-19-34-32(37)23-39-27-17-14-26(33)15-18-27/h5-6,10-11,13-18,22H,3-4,7-9,12,19-21,23H2,1-2H3,(H,34,37). The van der Waals surface area contributed by atoms with Crippen molar-refractivity contribution in [1.29, 1.82) is 0 Å². The van der Waals surface area contributed by atoms with E-state index in [4.69, 9.17) is 26.1 Å². The molecule has 1 N–H and O–H groups in total. The number of para-hydroxylation sites is 2. The predicted octanol–water partition coefficient (Wildman–Crippen LogP) is 7.07. The Bertz CT molecular complexity index is 1350. The first-order valence-electron chi connectivity index (χ1n) is 13.8. The number of hydrogen-bond donors (Lipinski definition) is 1. The van der Waals surface area contributed by atoms with Gasteiger partial charge in [0, 0.05) is 24.5 Å². The van der Waals surface area contributed by atoms with E-state index < -0.39 is 0 Å². The fourth-order valence-electron chi connectivity index (χ4n) is 4.47. The summed E-state index contributed by atoms with van der Waals surface area (Å²) in [6.07, 6.45) is 5.90. The van der Waals surface area contributed by atoms with Crippen LogP contribution in [0.3, 0.4) is 0 Å². The lowest BCUT2D eigenvalue weighted by molar-refractivity contribution is -0.123. The molecule has 1 heterocycles. The zero-order valence-electron chi connectivity index (χ0n) is 22.9. The molecular weight excluding hydrogens is 510 g/mol. The van der Waals surface area contributed by atoms with Gasteiger partial charge in [0.25, 0.3) is 5.91 Å². The van der Waals surface area contributed by atoms with Crippen LogP contribution in [0.4, 0.5) is 0 Å². The molecule has 0 saturated heterocycles. The van der Waals surface area contributed by atoms with E-state index in [1.807, 2.05) is 12.1 Å². The van der Waals surface area contributed by atoms with Crippen molar-refractivity contribution in [3.8, 4) is 11.5 Å². The number of fused-ring (bicyclic) bond motifs is 1.